The van der Waals surface area contributed by atoms with Crippen molar-refractivity contribution < 1.29 is 13.7 Å². The van der Waals surface area contributed by atoms with Crippen molar-refractivity contribution in [3.8, 4) is 11.6 Å². The van der Waals surface area contributed by atoms with Crippen molar-refractivity contribution in [2.75, 3.05) is 12.8 Å². The standard InChI is InChI=1S/C12H11N3O3/c1-16-6-8-5-10(15-18-8)12-14-9-3-2-7(13)4-11(9)17-12/h2-5H,6,13H2,1H3. The lowest BCUT2D eigenvalue weighted by atomic mass is 10.3. The molecule has 2 N–H and O–H groups in total. The number of methoxy groups -OCH3 is 1. The fraction of sp³-hybridized carbons (Fsp3) is 0.167. The van der Waals surface area contributed by atoms with Gasteiger partial charge in [0.05, 0.1) is 0 Å². The molecule has 6 heteroatoms. The number of rotatable bonds is 3. The molecule has 0 radical (unpaired) electrons. The van der Waals surface area contributed by atoms with E-state index < -0.39 is 0 Å². The molecule has 1 aromatic carbocycles. The summed E-state index contributed by atoms with van der Waals surface area (Å²) in [6.45, 7) is 0.361. The smallest absolute Gasteiger partial charge is 0.249 e. The van der Waals surface area contributed by atoms with E-state index in [0.717, 1.165) is 5.52 Å². The zero-order valence-corrected chi connectivity index (χ0v) is 9.71. The van der Waals surface area contributed by atoms with Crippen molar-refractivity contribution in [1.82, 2.24) is 10.1 Å². The number of nitrogens with zero attached hydrogens (tertiary/aromatic N) is 2. The van der Waals surface area contributed by atoms with E-state index in [4.69, 9.17) is 19.4 Å². The number of oxazole rings is 1. The molecule has 0 amide bonds. The summed E-state index contributed by atoms with van der Waals surface area (Å²) in [6.07, 6.45) is 0. The molecule has 0 saturated carbocycles. The van der Waals surface area contributed by atoms with Gasteiger partial charge in [-0.25, -0.2) is 4.98 Å². The maximum absolute atomic E-state index is 5.68. The topological polar surface area (TPSA) is 87.3 Å². The third-order valence-electron chi connectivity index (χ3n) is 2.48. The van der Waals surface area contributed by atoms with Crippen LogP contribution in [0.25, 0.3) is 22.7 Å². The first kappa shape index (κ1) is 10.8. The van der Waals surface area contributed by atoms with E-state index in [1.165, 1.54) is 0 Å². The molecule has 0 saturated heterocycles. The lowest BCUT2D eigenvalue weighted by Gasteiger charge is -1.88. The highest BCUT2D eigenvalue weighted by atomic mass is 16.5. The number of nitrogens with two attached hydrogens (primary N) is 1. The van der Waals surface area contributed by atoms with E-state index in [1.54, 1.807) is 31.4 Å². The second-order valence-electron chi connectivity index (χ2n) is 3.86. The molecule has 0 aliphatic heterocycles. The van der Waals surface area contributed by atoms with Gasteiger partial charge in [0.15, 0.2) is 17.0 Å². The van der Waals surface area contributed by atoms with Crippen LogP contribution in [-0.2, 0) is 11.3 Å². The van der Waals surface area contributed by atoms with Crippen molar-refractivity contribution in [3.05, 3.63) is 30.0 Å². The van der Waals surface area contributed by atoms with Gasteiger partial charge in [0.2, 0.25) is 5.89 Å². The van der Waals surface area contributed by atoms with Crippen LogP contribution in [0.2, 0.25) is 0 Å². The van der Waals surface area contributed by atoms with Crippen LogP contribution in [0.5, 0.6) is 0 Å². The Morgan fingerprint density at radius 2 is 2.22 bits per heavy atom. The van der Waals surface area contributed by atoms with Gasteiger partial charge in [-0.3, -0.25) is 0 Å². The Morgan fingerprint density at radius 1 is 1.33 bits per heavy atom. The highest BCUT2D eigenvalue weighted by Gasteiger charge is 2.13. The first-order valence-corrected chi connectivity index (χ1v) is 5.37. The highest BCUT2D eigenvalue weighted by Crippen LogP contribution is 2.25. The molecule has 0 aliphatic carbocycles. The zero-order valence-electron chi connectivity index (χ0n) is 9.71. The van der Waals surface area contributed by atoms with Crippen molar-refractivity contribution in [1.29, 1.82) is 0 Å². The highest BCUT2D eigenvalue weighted by molar-refractivity contribution is 5.78. The average Bonchev–Trinajstić information content (AvgIpc) is 2.94. The second kappa shape index (κ2) is 4.15. The van der Waals surface area contributed by atoms with Crippen LogP contribution in [0, 0.1) is 0 Å². The van der Waals surface area contributed by atoms with Gasteiger partial charge in [0.25, 0.3) is 0 Å². The summed E-state index contributed by atoms with van der Waals surface area (Å²) >= 11 is 0. The van der Waals surface area contributed by atoms with Crippen LogP contribution in [0.1, 0.15) is 5.76 Å². The average molecular weight is 245 g/mol. The van der Waals surface area contributed by atoms with Gasteiger partial charge in [0.1, 0.15) is 12.1 Å². The van der Waals surface area contributed by atoms with Gasteiger partial charge in [-0.1, -0.05) is 5.16 Å². The third-order valence-corrected chi connectivity index (χ3v) is 2.48. The molecule has 6 nitrogen and oxygen atoms in total. The Bertz CT molecular complexity index is 687. The first-order valence-electron chi connectivity index (χ1n) is 5.37. The normalized spacial score (nSPS) is 11.2. The number of nitrogen functional groups attached to an aromatic ring is 1. The Labute approximate surface area is 102 Å². The SMILES string of the molecule is COCc1cc(-c2nc3ccc(N)cc3o2)no1. The Hall–Kier alpha value is -2.34. The first-order chi connectivity index (χ1) is 8.76. The molecule has 92 valence electrons. The fourth-order valence-electron chi connectivity index (χ4n) is 1.67. The van der Waals surface area contributed by atoms with Gasteiger partial charge in [-0.15, -0.1) is 0 Å². The van der Waals surface area contributed by atoms with Gasteiger partial charge in [-0.2, -0.15) is 0 Å². The van der Waals surface area contributed by atoms with Crippen LogP contribution in [-0.4, -0.2) is 17.3 Å². The lowest BCUT2D eigenvalue weighted by Crippen LogP contribution is -1.82. The molecule has 18 heavy (non-hydrogen) atoms. The Balaban J connectivity index is 2.02. The molecule has 0 spiro atoms. The summed E-state index contributed by atoms with van der Waals surface area (Å²) in [7, 11) is 1.59. The van der Waals surface area contributed by atoms with Crippen molar-refractivity contribution in [3.63, 3.8) is 0 Å². The zero-order chi connectivity index (χ0) is 12.5. The quantitative estimate of drug-likeness (QED) is 0.712. The summed E-state index contributed by atoms with van der Waals surface area (Å²) in [4.78, 5) is 4.31. The summed E-state index contributed by atoms with van der Waals surface area (Å²) < 4.78 is 15.6. The number of hydrogen-bond acceptors (Lipinski definition) is 6. The van der Waals surface area contributed by atoms with E-state index in [0.29, 0.717) is 35.2 Å². The molecule has 3 rings (SSSR count). The molecular formula is C12H11N3O3. The monoisotopic (exact) mass is 245 g/mol. The maximum atomic E-state index is 5.68. The summed E-state index contributed by atoms with van der Waals surface area (Å²) in [5, 5.41) is 3.88. The minimum absolute atomic E-state index is 0.361. The Morgan fingerprint density at radius 3 is 3.06 bits per heavy atom. The minimum Gasteiger partial charge on any atom is -0.435 e. The van der Waals surface area contributed by atoms with Crippen LogP contribution < -0.4 is 5.73 Å². The van der Waals surface area contributed by atoms with Crippen LogP contribution >= 0.6 is 0 Å². The molecule has 0 atom stereocenters. The summed E-state index contributed by atoms with van der Waals surface area (Å²) in [6, 6.07) is 7.03. The van der Waals surface area contributed by atoms with Gasteiger partial charge >= 0.3 is 0 Å². The third kappa shape index (κ3) is 1.82. The van der Waals surface area contributed by atoms with E-state index in [-0.39, 0.29) is 0 Å². The number of benzene rings is 1. The van der Waals surface area contributed by atoms with Crippen LogP contribution in [0.3, 0.4) is 0 Å². The predicted octanol–water partition coefficient (Wildman–Crippen LogP) is 2.21. The Kier molecular flexibility index (Phi) is 2.49. The van der Waals surface area contributed by atoms with E-state index in [2.05, 4.69) is 10.1 Å². The largest absolute Gasteiger partial charge is 0.435 e. The van der Waals surface area contributed by atoms with Gasteiger partial charge < -0.3 is 19.4 Å². The number of anilines is 1. The molecule has 0 bridgehead atoms. The number of ether oxygens (including phenoxy) is 1. The second-order valence-corrected chi connectivity index (χ2v) is 3.86. The van der Waals surface area contributed by atoms with Crippen LogP contribution in [0.15, 0.2) is 33.2 Å². The molecular weight excluding hydrogens is 234 g/mol. The predicted molar refractivity (Wildman–Crippen MR) is 64.6 cm³/mol. The number of aromatic nitrogens is 2. The van der Waals surface area contributed by atoms with E-state index in [9.17, 15) is 0 Å². The minimum atomic E-state index is 0.361. The summed E-state index contributed by atoms with van der Waals surface area (Å²) in [5.41, 5.74) is 8.20. The maximum Gasteiger partial charge on any atom is 0.249 e. The van der Waals surface area contributed by atoms with E-state index in [1.807, 2.05) is 0 Å². The molecule has 3 aromatic rings. The molecule has 0 fully saturated rings. The molecule has 2 heterocycles. The number of hydrogen-bond donors (Lipinski definition) is 1. The van der Waals surface area contributed by atoms with Gasteiger partial charge in [0, 0.05) is 24.9 Å². The van der Waals surface area contributed by atoms with Crippen molar-refractivity contribution >= 4 is 16.8 Å². The molecule has 2 aromatic heterocycles. The van der Waals surface area contributed by atoms with Gasteiger partial charge in [-0.05, 0) is 12.1 Å². The van der Waals surface area contributed by atoms with E-state index >= 15 is 0 Å². The lowest BCUT2D eigenvalue weighted by molar-refractivity contribution is 0.156. The molecule has 0 unspecified atom stereocenters. The fourth-order valence-corrected chi connectivity index (χ4v) is 1.67. The van der Waals surface area contributed by atoms with Crippen LogP contribution in [0.4, 0.5) is 5.69 Å². The number of fused-ring (bicyclic) bond motifs is 1. The van der Waals surface area contributed by atoms with Crippen molar-refractivity contribution in [2.45, 2.75) is 6.61 Å². The molecule has 0 aliphatic rings. The summed E-state index contributed by atoms with van der Waals surface area (Å²) in [5.74, 6) is 1.02. The van der Waals surface area contributed by atoms with Crippen molar-refractivity contribution in [2.24, 2.45) is 0 Å².